The molecule has 0 bridgehead atoms. The Morgan fingerprint density at radius 2 is 2.14 bits per heavy atom. The molecule has 2 aromatic heterocycles. The number of carbonyl (C=O) groups is 1. The molecule has 0 aliphatic rings. The molecule has 9 heteroatoms. The van der Waals surface area contributed by atoms with E-state index in [1.54, 1.807) is 25.0 Å². The van der Waals surface area contributed by atoms with Gasteiger partial charge in [-0.15, -0.1) is 0 Å². The van der Waals surface area contributed by atoms with Crippen LogP contribution in [0.25, 0.3) is 0 Å². The maximum Gasteiger partial charge on any atom is 0.272 e. The van der Waals surface area contributed by atoms with Crippen LogP contribution in [0.2, 0.25) is 0 Å². The van der Waals surface area contributed by atoms with Crippen LogP contribution in [-0.2, 0) is 11.8 Å². The Labute approximate surface area is 121 Å². The van der Waals surface area contributed by atoms with E-state index in [0.717, 1.165) is 0 Å². The molecule has 0 aliphatic carbocycles. The van der Waals surface area contributed by atoms with Crippen LogP contribution in [-0.4, -0.2) is 45.9 Å². The van der Waals surface area contributed by atoms with Crippen LogP contribution in [0.15, 0.2) is 24.9 Å². The lowest BCUT2D eigenvalue weighted by Gasteiger charge is -2.09. The van der Waals surface area contributed by atoms with Crippen molar-refractivity contribution in [1.29, 1.82) is 0 Å². The lowest BCUT2D eigenvalue weighted by molar-refractivity contribution is 0.0962. The molecule has 0 spiro atoms. The van der Waals surface area contributed by atoms with Gasteiger partial charge in [0, 0.05) is 33.1 Å². The third kappa shape index (κ3) is 4.14. The van der Waals surface area contributed by atoms with Crippen molar-refractivity contribution in [3.05, 3.63) is 30.5 Å². The monoisotopic (exact) mass is 291 g/mol. The second kappa shape index (κ2) is 7.20. The zero-order chi connectivity index (χ0) is 15.1. The van der Waals surface area contributed by atoms with Gasteiger partial charge in [-0.05, 0) is 0 Å². The number of ether oxygens (including phenoxy) is 1. The van der Waals surface area contributed by atoms with Gasteiger partial charge >= 0.3 is 0 Å². The maximum atomic E-state index is 11.9. The van der Waals surface area contributed by atoms with Gasteiger partial charge in [0.05, 0.1) is 18.4 Å². The van der Waals surface area contributed by atoms with Crippen LogP contribution in [0.3, 0.4) is 0 Å². The van der Waals surface area contributed by atoms with Crippen molar-refractivity contribution in [2.24, 2.45) is 7.05 Å². The number of hydrogen-bond donors (Lipinski definition) is 3. The number of rotatable bonds is 7. The number of hydrazine groups is 1. The number of amides is 1. The Balaban J connectivity index is 1.95. The molecule has 9 nitrogen and oxygen atoms in total. The molecule has 0 aliphatic heterocycles. The quantitative estimate of drug-likeness (QED) is 0.488. The fourth-order valence-electron chi connectivity index (χ4n) is 1.59. The van der Waals surface area contributed by atoms with Crippen LogP contribution in [0.5, 0.6) is 0 Å². The smallest absolute Gasteiger partial charge is 0.272 e. The fourth-order valence-corrected chi connectivity index (χ4v) is 1.59. The predicted octanol–water partition coefficient (Wildman–Crippen LogP) is 0.0253. The van der Waals surface area contributed by atoms with Gasteiger partial charge in [-0.1, -0.05) is 0 Å². The van der Waals surface area contributed by atoms with Gasteiger partial charge in [-0.25, -0.2) is 9.97 Å². The maximum absolute atomic E-state index is 11.9. The number of aromatic nitrogens is 4. The van der Waals surface area contributed by atoms with Gasteiger partial charge < -0.3 is 10.1 Å². The molecule has 3 N–H and O–H groups in total. The van der Waals surface area contributed by atoms with Gasteiger partial charge in [0.25, 0.3) is 5.91 Å². The van der Waals surface area contributed by atoms with Crippen LogP contribution < -0.4 is 16.2 Å². The molecule has 0 unspecified atom stereocenters. The second-order valence-corrected chi connectivity index (χ2v) is 4.19. The van der Waals surface area contributed by atoms with E-state index >= 15 is 0 Å². The fraction of sp³-hybridized carbons (Fsp3) is 0.333. The van der Waals surface area contributed by atoms with Gasteiger partial charge in [-0.2, -0.15) is 5.10 Å². The summed E-state index contributed by atoms with van der Waals surface area (Å²) < 4.78 is 6.60. The summed E-state index contributed by atoms with van der Waals surface area (Å²) in [5.74, 6) is 0.293. The first kappa shape index (κ1) is 14.7. The van der Waals surface area contributed by atoms with Crippen molar-refractivity contribution in [2.45, 2.75) is 0 Å². The molecule has 0 saturated heterocycles. The van der Waals surface area contributed by atoms with E-state index in [4.69, 9.17) is 4.74 Å². The Morgan fingerprint density at radius 1 is 1.38 bits per heavy atom. The van der Waals surface area contributed by atoms with E-state index in [0.29, 0.717) is 30.2 Å². The average molecular weight is 291 g/mol. The summed E-state index contributed by atoms with van der Waals surface area (Å²) in [5.41, 5.74) is 6.40. The third-order valence-corrected chi connectivity index (χ3v) is 2.56. The largest absolute Gasteiger partial charge is 0.383 e. The summed E-state index contributed by atoms with van der Waals surface area (Å²) in [6.07, 6.45) is 5.98. The summed E-state index contributed by atoms with van der Waals surface area (Å²) in [5, 5.41) is 7.35. The van der Waals surface area contributed by atoms with E-state index in [9.17, 15) is 4.79 Å². The summed E-state index contributed by atoms with van der Waals surface area (Å²) in [4.78, 5) is 19.5. The lowest BCUT2D eigenvalue weighted by atomic mass is 10.3. The zero-order valence-corrected chi connectivity index (χ0v) is 11.8. The molecule has 0 fully saturated rings. The summed E-state index contributed by atoms with van der Waals surface area (Å²) in [6, 6.07) is 0. The average Bonchev–Trinajstić information content (AvgIpc) is 2.86. The van der Waals surface area contributed by atoms with Gasteiger partial charge in [0.15, 0.2) is 5.82 Å². The molecule has 0 radical (unpaired) electrons. The first-order valence-corrected chi connectivity index (χ1v) is 6.28. The molecular weight excluding hydrogens is 274 g/mol. The standard InChI is InChI=1S/C12H17N7O2/c1-19-7-10(11(18-19)15-3-4-21-2)16-17-12(20)9-5-13-8-14-6-9/h5-8,16H,3-4H2,1-2H3,(H,15,18)(H,17,20). The molecule has 2 rings (SSSR count). The zero-order valence-electron chi connectivity index (χ0n) is 11.8. The molecule has 21 heavy (non-hydrogen) atoms. The minimum atomic E-state index is -0.331. The third-order valence-electron chi connectivity index (χ3n) is 2.56. The number of carbonyl (C=O) groups excluding carboxylic acids is 1. The lowest BCUT2D eigenvalue weighted by Crippen LogP contribution is -2.29. The van der Waals surface area contributed by atoms with Crippen LogP contribution in [0.4, 0.5) is 11.5 Å². The van der Waals surface area contributed by atoms with Crippen molar-refractivity contribution < 1.29 is 9.53 Å². The van der Waals surface area contributed by atoms with Crippen LogP contribution in [0.1, 0.15) is 10.4 Å². The summed E-state index contributed by atoms with van der Waals surface area (Å²) in [7, 11) is 3.42. The van der Waals surface area contributed by atoms with Crippen molar-refractivity contribution >= 4 is 17.4 Å². The Kier molecular flexibility index (Phi) is 5.04. The topological polar surface area (TPSA) is 106 Å². The molecular formula is C12H17N7O2. The molecule has 0 atom stereocenters. The number of methoxy groups -OCH3 is 1. The highest BCUT2D eigenvalue weighted by molar-refractivity contribution is 5.94. The van der Waals surface area contributed by atoms with E-state index in [1.807, 2.05) is 0 Å². The Bertz CT molecular complexity index is 585. The first-order valence-electron chi connectivity index (χ1n) is 6.28. The SMILES string of the molecule is COCCNc1nn(C)cc1NNC(=O)c1cncnc1. The molecule has 1 amide bonds. The second-order valence-electron chi connectivity index (χ2n) is 4.19. The van der Waals surface area contributed by atoms with E-state index in [2.05, 4.69) is 31.2 Å². The van der Waals surface area contributed by atoms with Crippen LogP contribution >= 0.6 is 0 Å². The Morgan fingerprint density at radius 3 is 2.86 bits per heavy atom. The summed E-state index contributed by atoms with van der Waals surface area (Å²) >= 11 is 0. The highest BCUT2D eigenvalue weighted by Gasteiger charge is 2.09. The highest BCUT2D eigenvalue weighted by atomic mass is 16.5. The first-order chi connectivity index (χ1) is 10.2. The molecule has 0 aromatic carbocycles. The minimum Gasteiger partial charge on any atom is -0.383 e. The molecule has 0 saturated carbocycles. The predicted molar refractivity (Wildman–Crippen MR) is 76.7 cm³/mol. The number of aryl methyl sites for hydroxylation is 1. The van der Waals surface area contributed by atoms with Gasteiger partial charge in [0.2, 0.25) is 0 Å². The molecule has 2 aromatic rings. The number of nitrogens with zero attached hydrogens (tertiary/aromatic N) is 4. The van der Waals surface area contributed by atoms with Crippen LogP contribution in [0, 0.1) is 0 Å². The number of nitrogens with one attached hydrogen (secondary N) is 3. The summed E-state index contributed by atoms with van der Waals surface area (Å²) in [6.45, 7) is 1.17. The van der Waals surface area contributed by atoms with E-state index < -0.39 is 0 Å². The van der Waals surface area contributed by atoms with Crippen molar-refractivity contribution in [1.82, 2.24) is 25.2 Å². The van der Waals surface area contributed by atoms with Gasteiger partial charge in [-0.3, -0.25) is 20.3 Å². The minimum absolute atomic E-state index is 0.331. The van der Waals surface area contributed by atoms with Gasteiger partial charge in [0.1, 0.15) is 12.0 Å². The molecule has 2 heterocycles. The van der Waals surface area contributed by atoms with Crippen molar-refractivity contribution in [2.75, 3.05) is 31.0 Å². The highest BCUT2D eigenvalue weighted by Crippen LogP contribution is 2.17. The molecule has 112 valence electrons. The number of hydrogen-bond acceptors (Lipinski definition) is 7. The Hall–Kier alpha value is -2.68. The van der Waals surface area contributed by atoms with Crippen molar-refractivity contribution in [3.63, 3.8) is 0 Å². The van der Waals surface area contributed by atoms with Crippen molar-refractivity contribution in [3.8, 4) is 0 Å². The normalized spacial score (nSPS) is 10.2. The number of anilines is 2. The van der Waals surface area contributed by atoms with E-state index in [-0.39, 0.29) is 5.91 Å². The van der Waals surface area contributed by atoms with E-state index in [1.165, 1.54) is 18.7 Å².